The van der Waals surface area contributed by atoms with Gasteiger partial charge in [0.1, 0.15) is 5.82 Å². The number of carbonyl (C=O) groups excluding carboxylic acids is 1. The number of H-pyrrole nitrogens is 1. The van der Waals surface area contributed by atoms with Gasteiger partial charge in [0, 0.05) is 12.0 Å². The molecule has 142 valence electrons. The van der Waals surface area contributed by atoms with Gasteiger partial charge in [0.25, 0.3) is 11.6 Å². The van der Waals surface area contributed by atoms with E-state index >= 15 is 0 Å². The number of carbonyl (C=O) groups is 1. The maximum absolute atomic E-state index is 13.0. The molecule has 8 heteroatoms. The van der Waals surface area contributed by atoms with E-state index in [0.717, 1.165) is 17.8 Å². The number of benzene rings is 1. The van der Waals surface area contributed by atoms with Gasteiger partial charge in [-0.25, -0.2) is 4.98 Å². The zero-order valence-electron chi connectivity index (χ0n) is 15.9. The molecule has 3 heterocycles. The van der Waals surface area contributed by atoms with E-state index in [4.69, 9.17) is 4.52 Å². The van der Waals surface area contributed by atoms with Crippen molar-refractivity contribution in [2.24, 2.45) is 5.92 Å². The van der Waals surface area contributed by atoms with Crippen LogP contribution >= 0.6 is 0 Å². The van der Waals surface area contributed by atoms with Gasteiger partial charge in [0.15, 0.2) is 0 Å². The molecule has 3 aromatic heterocycles. The predicted molar refractivity (Wildman–Crippen MR) is 105 cm³/mol. The molecule has 2 N–H and O–H groups in total. The Kier molecular flexibility index (Phi) is 4.60. The number of pyridine rings is 1. The maximum atomic E-state index is 13.0. The van der Waals surface area contributed by atoms with Crippen LogP contribution in [0.2, 0.25) is 0 Å². The van der Waals surface area contributed by atoms with Crippen molar-refractivity contribution < 1.29 is 9.32 Å². The number of nitrogens with zero attached hydrogens (tertiary/aromatic N) is 4. The summed E-state index contributed by atoms with van der Waals surface area (Å²) in [4.78, 5) is 21.8. The minimum absolute atomic E-state index is 0.237. The molecule has 0 spiro atoms. The number of amides is 1. The second-order valence-electron chi connectivity index (χ2n) is 7.03. The lowest BCUT2D eigenvalue weighted by Crippen LogP contribution is -2.14. The molecule has 0 saturated heterocycles. The van der Waals surface area contributed by atoms with Crippen LogP contribution in [0.5, 0.6) is 0 Å². The highest BCUT2D eigenvalue weighted by atomic mass is 16.5. The highest BCUT2D eigenvalue weighted by Gasteiger charge is 2.20. The number of aryl methyl sites for hydroxylation is 1. The van der Waals surface area contributed by atoms with E-state index in [0.29, 0.717) is 34.0 Å². The number of rotatable bonds is 5. The lowest BCUT2D eigenvalue weighted by Gasteiger charge is -2.06. The number of aromatic amines is 1. The molecule has 8 nitrogen and oxygen atoms in total. The van der Waals surface area contributed by atoms with Gasteiger partial charge in [-0.1, -0.05) is 49.3 Å². The molecule has 0 atom stereocenters. The van der Waals surface area contributed by atoms with Crippen molar-refractivity contribution in [1.29, 1.82) is 0 Å². The molecule has 0 aliphatic rings. The third kappa shape index (κ3) is 3.48. The summed E-state index contributed by atoms with van der Waals surface area (Å²) in [6.07, 6.45) is 0.755. The summed E-state index contributed by atoms with van der Waals surface area (Å²) in [5.41, 5.74) is 2.84. The number of hydrogen-bond donors (Lipinski definition) is 2. The quantitative estimate of drug-likeness (QED) is 0.549. The van der Waals surface area contributed by atoms with Crippen molar-refractivity contribution in [3.63, 3.8) is 0 Å². The lowest BCUT2D eigenvalue weighted by atomic mass is 10.1. The lowest BCUT2D eigenvalue weighted by molar-refractivity contribution is 0.102. The minimum Gasteiger partial charge on any atom is -0.335 e. The summed E-state index contributed by atoms with van der Waals surface area (Å²) in [5, 5.41) is 14.2. The first kappa shape index (κ1) is 17.8. The summed E-state index contributed by atoms with van der Waals surface area (Å²) in [5.74, 6) is 1.06. The number of hydrogen-bond acceptors (Lipinski definition) is 6. The molecular formula is C20H20N6O2. The fourth-order valence-corrected chi connectivity index (χ4v) is 3.03. The zero-order chi connectivity index (χ0) is 19.7. The number of nitrogens with one attached hydrogen (secondary N) is 2. The van der Waals surface area contributed by atoms with Crippen molar-refractivity contribution in [1.82, 2.24) is 25.3 Å². The molecule has 0 saturated carbocycles. The minimum atomic E-state index is -0.342. The number of fused-ring (bicyclic) bond motifs is 1. The molecule has 0 aliphatic carbocycles. The fourth-order valence-electron chi connectivity index (χ4n) is 3.03. The molecule has 1 amide bonds. The van der Waals surface area contributed by atoms with Gasteiger partial charge in [0.05, 0.1) is 22.3 Å². The van der Waals surface area contributed by atoms with Crippen LogP contribution in [0.3, 0.4) is 0 Å². The van der Waals surface area contributed by atoms with E-state index in [1.54, 1.807) is 13.0 Å². The topological polar surface area (TPSA) is 110 Å². The zero-order valence-corrected chi connectivity index (χ0v) is 15.9. The van der Waals surface area contributed by atoms with Crippen molar-refractivity contribution >= 4 is 23.0 Å². The van der Waals surface area contributed by atoms with Crippen molar-refractivity contribution in [2.45, 2.75) is 27.2 Å². The third-order valence-electron chi connectivity index (χ3n) is 4.29. The van der Waals surface area contributed by atoms with Gasteiger partial charge >= 0.3 is 0 Å². The van der Waals surface area contributed by atoms with E-state index in [2.05, 4.69) is 44.5 Å². The van der Waals surface area contributed by atoms with E-state index < -0.39 is 0 Å². The standard InChI is InChI=1S/C20H20N6O2/c1-11(2)9-16-22-20(25-24-16)23-18(27)14-10-15(13-7-5-4-6-8-13)21-19-17(14)12(3)26-28-19/h4-8,10-11H,9H2,1-3H3,(H2,22,23,24,25,27). The number of anilines is 1. The summed E-state index contributed by atoms with van der Waals surface area (Å²) < 4.78 is 5.32. The Morgan fingerprint density at radius 1 is 1.21 bits per heavy atom. The van der Waals surface area contributed by atoms with Crippen LogP contribution < -0.4 is 5.32 Å². The van der Waals surface area contributed by atoms with Crippen LogP contribution in [0.15, 0.2) is 40.9 Å². The van der Waals surface area contributed by atoms with Gasteiger partial charge < -0.3 is 4.52 Å². The summed E-state index contributed by atoms with van der Waals surface area (Å²) >= 11 is 0. The highest BCUT2D eigenvalue weighted by Crippen LogP contribution is 2.27. The van der Waals surface area contributed by atoms with Crippen LogP contribution in [-0.4, -0.2) is 31.2 Å². The molecule has 0 fully saturated rings. The van der Waals surface area contributed by atoms with E-state index in [1.807, 2.05) is 30.3 Å². The van der Waals surface area contributed by atoms with Crippen LogP contribution in [0.25, 0.3) is 22.4 Å². The number of aromatic nitrogens is 5. The maximum Gasteiger partial charge on any atom is 0.259 e. The van der Waals surface area contributed by atoms with Crippen LogP contribution in [-0.2, 0) is 6.42 Å². The molecule has 0 unspecified atom stereocenters. The van der Waals surface area contributed by atoms with Gasteiger partial charge in [-0.05, 0) is 18.9 Å². The van der Waals surface area contributed by atoms with Gasteiger partial charge in [0.2, 0.25) is 5.95 Å². The summed E-state index contributed by atoms with van der Waals surface area (Å²) in [7, 11) is 0. The molecule has 0 aliphatic heterocycles. The second-order valence-corrected chi connectivity index (χ2v) is 7.03. The summed E-state index contributed by atoms with van der Waals surface area (Å²) in [6.45, 7) is 5.96. The van der Waals surface area contributed by atoms with Crippen LogP contribution in [0, 0.1) is 12.8 Å². The largest absolute Gasteiger partial charge is 0.335 e. The first-order chi connectivity index (χ1) is 13.5. The molecule has 28 heavy (non-hydrogen) atoms. The molecule has 1 aromatic carbocycles. The van der Waals surface area contributed by atoms with Gasteiger partial charge in [-0.15, -0.1) is 5.10 Å². The Hall–Kier alpha value is -3.55. The molecule has 0 radical (unpaired) electrons. The van der Waals surface area contributed by atoms with Crippen LogP contribution in [0.1, 0.15) is 35.7 Å². The molecule has 4 rings (SSSR count). The average molecular weight is 376 g/mol. The first-order valence-corrected chi connectivity index (χ1v) is 9.06. The highest BCUT2D eigenvalue weighted by molar-refractivity contribution is 6.12. The van der Waals surface area contributed by atoms with Crippen molar-refractivity contribution in [3.05, 3.63) is 53.5 Å². The average Bonchev–Trinajstić information content (AvgIpc) is 3.27. The first-order valence-electron chi connectivity index (χ1n) is 9.06. The van der Waals surface area contributed by atoms with Gasteiger partial charge in [-0.3, -0.25) is 15.2 Å². The Labute approximate surface area is 161 Å². The smallest absolute Gasteiger partial charge is 0.259 e. The predicted octanol–water partition coefficient (Wildman–Crippen LogP) is 3.77. The normalized spacial score (nSPS) is 11.3. The molecular weight excluding hydrogens is 356 g/mol. The van der Waals surface area contributed by atoms with Gasteiger partial charge in [-0.2, -0.15) is 4.98 Å². The Morgan fingerprint density at radius 2 is 2.00 bits per heavy atom. The third-order valence-corrected chi connectivity index (χ3v) is 4.29. The molecule has 0 bridgehead atoms. The summed E-state index contributed by atoms with van der Waals surface area (Å²) in [6, 6.07) is 11.3. The van der Waals surface area contributed by atoms with Crippen molar-refractivity contribution in [2.75, 3.05) is 5.32 Å². The molecule has 4 aromatic rings. The Morgan fingerprint density at radius 3 is 2.75 bits per heavy atom. The SMILES string of the molecule is Cc1noc2nc(-c3ccccc3)cc(C(=O)Nc3n[nH]c(CC(C)C)n3)c12. The van der Waals surface area contributed by atoms with Crippen molar-refractivity contribution in [3.8, 4) is 11.3 Å². The van der Waals surface area contributed by atoms with E-state index in [1.165, 1.54) is 0 Å². The second kappa shape index (κ2) is 7.22. The fraction of sp³-hybridized carbons (Fsp3) is 0.250. The van der Waals surface area contributed by atoms with E-state index in [-0.39, 0.29) is 11.9 Å². The van der Waals surface area contributed by atoms with E-state index in [9.17, 15) is 4.79 Å². The van der Waals surface area contributed by atoms with Crippen LogP contribution in [0.4, 0.5) is 5.95 Å². The Balaban J connectivity index is 1.71. The Bertz CT molecular complexity index is 1130. The monoisotopic (exact) mass is 376 g/mol.